The second-order valence-corrected chi connectivity index (χ2v) is 7.32. The van der Waals surface area contributed by atoms with Gasteiger partial charge in [0.2, 0.25) is 5.91 Å². The van der Waals surface area contributed by atoms with E-state index >= 15 is 0 Å². The van der Waals surface area contributed by atoms with Crippen molar-refractivity contribution in [2.45, 2.75) is 38.6 Å². The van der Waals surface area contributed by atoms with Gasteiger partial charge in [0.1, 0.15) is 5.82 Å². The summed E-state index contributed by atoms with van der Waals surface area (Å²) in [6.07, 6.45) is 3.02. The standard InChI is InChI=1S/C22H23N3O2/c1-14-6-8-15(9-7-14)21(16-10-11-16)25-20(26)13-12-19-23-18-5-3-2-4-17(18)22(27)24-19/h2-9,16,21H,10-13H2,1H3,(H,25,26)(H,23,24,27). The zero-order valence-corrected chi connectivity index (χ0v) is 15.4. The lowest BCUT2D eigenvalue weighted by Crippen LogP contribution is -2.30. The van der Waals surface area contributed by atoms with E-state index in [4.69, 9.17) is 0 Å². The summed E-state index contributed by atoms with van der Waals surface area (Å²) < 4.78 is 0. The van der Waals surface area contributed by atoms with Crippen LogP contribution in [0.1, 0.15) is 42.3 Å². The van der Waals surface area contributed by atoms with Crippen LogP contribution in [0, 0.1) is 12.8 Å². The minimum atomic E-state index is -0.161. The molecule has 0 bridgehead atoms. The van der Waals surface area contributed by atoms with Crippen molar-refractivity contribution in [3.05, 3.63) is 75.8 Å². The Morgan fingerprint density at radius 1 is 1.19 bits per heavy atom. The number of para-hydroxylation sites is 1. The van der Waals surface area contributed by atoms with E-state index < -0.39 is 0 Å². The molecular weight excluding hydrogens is 338 g/mol. The molecule has 0 aliphatic heterocycles. The van der Waals surface area contributed by atoms with E-state index in [1.54, 1.807) is 6.07 Å². The Labute approximate surface area is 157 Å². The van der Waals surface area contributed by atoms with Crippen molar-refractivity contribution in [1.29, 1.82) is 0 Å². The lowest BCUT2D eigenvalue weighted by molar-refractivity contribution is -0.122. The summed E-state index contributed by atoms with van der Waals surface area (Å²) >= 11 is 0. The molecule has 138 valence electrons. The van der Waals surface area contributed by atoms with Crippen LogP contribution < -0.4 is 10.9 Å². The lowest BCUT2D eigenvalue weighted by atomic mass is 10.0. The van der Waals surface area contributed by atoms with Gasteiger partial charge in [-0.15, -0.1) is 0 Å². The van der Waals surface area contributed by atoms with Crippen molar-refractivity contribution < 1.29 is 4.79 Å². The van der Waals surface area contributed by atoms with E-state index in [9.17, 15) is 9.59 Å². The second-order valence-electron chi connectivity index (χ2n) is 7.32. The van der Waals surface area contributed by atoms with E-state index in [2.05, 4.69) is 46.5 Å². The number of rotatable bonds is 6. The number of aromatic amines is 1. The predicted octanol–water partition coefficient (Wildman–Crippen LogP) is 3.43. The van der Waals surface area contributed by atoms with Crippen LogP contribution in [0.2, 0.25) is 0 Å². The first-order valence-corrected chi connectivity index (χ1v) is 9.44. The summed E-state index contributed by atoms with van der Waals surface area (Å²) in [7, 11) is 0. The fourth-order valence-electron chi connectivity index (χ4n) is 3.41. The number of hydrogen-bond donors (Lipinski definition) is 2. The van der Waals surface area contributed by atoms with E-state index in [0.29, 0.717) is 35.5 Å². The van der Waals surface area contributed by atoms with Gasteiger partial charge in [0, 0.05) is 12.8 Å². The first-order chi connectivity index (χ1) is 13.1. The first-order valence-electron chi connectivity index (χ1n) is 9.44. The van der Waals surface area contributed by atoms with E-state index in [-0.39, 0.29) is 17.5 Å². The molecular formula is C22H23N3O2. The van der Waals surface area contributed by atoms with Gasteiger partial charge in [-0.05, 0) is 43.4 Å². The summed E-state index contributed by atoms with van der Waals surface area (Å²) in [6, 6.07) is 15.7. The van der Waals surface area contributed by atoms with Crippen molar-refractivity contribution in [3.8, 4) is 0 Å². The number of benzene rings is 2. The Morgan fingerprint density at radius 3 is 2.67 bits per heavy atom. The minimum Gasteiger partial charge on any atom is -0.349 e. The fraction of sp³-hybridized carbons (Fsp3) is 0.318. The number of carbonyl (C=O) groups is 1. The van der Waals surface area contributed by atoms with Crippen LogP contribution in [0.5, 0.6) is 0 Å². The van der Waals surface area contributed by atoms with Crippen LogP contribution in [0.15, 0.2) is 53.3 Å². The van der Waals surface area contributed by atoms with Gasteiger partial charge in [-0.25, -0.2) is 4.98 Å². The average molecular weight is 361 g/mol. The van der Waals surface area contributed by atoms with E-state index in [1.165, 1.54) is 5.56 Å². The molecule has 1 saturated carbocycles. The molecule has 1 aliphatic rings. The van der Waals surface area contributed by atoms with Gasteiger partial charge in [-0.2, -0.15) is 0 Å². The molecule has 5 nitrogen and oxygen atoms in total. The zero-order valence-electron chi connectivity index (χ0n) is 15.4. The normalized spacial score (nSPS) is 14.9. The van der Waals surface area contributed by atoms with Crippen molar-refractivity contribution in [2.24, 2.45) is 5.92 Å². The lowest BCUT2D eigenvalue weighted by Gasteiger charge is -2.19. The number of aryl methyl sites for hydroxylation is 2. The molecule has 0 spiro atoms. The number of carbonyl (C=O) groups excluding carboxylic acids is 1. The third kappa shape index (κ3) is 4.08. The number of fused-ring (bicyclic) bond motifs is 1. The molecule has 0 radical (unpaired) electrons. The minimum absolute atomic E-state index is 0.0108. The Bertz CT molecular complexity index is 1020. The van der Waals surface area contributed by atoms with Crippen molar-refractivity contribution >= 4 is 16.8 Å². The molecule has 2 aromatic carbocycles. The zero-order chi connectivity index (χ0) is 18.8. The van der Waals surface area contributed by atoms with Crippen molar-refractivity contribution in [1.82, 2.24) is 15.3 Å². The number of aromatic nitrogens is 2. The van der Waals surface area contributed by atoms with Gasteiger partial charge in [0.15, 0.2) is 0 Å². The molecule has 1 aliphatic carbocycles. The molecule has 1 atom stereocenters. The second kappa shape index (κ2) is 7.35. The van der Waals surface area contributed by atoms with Crippen LogP contribution in [0.25, 0.3) is 10.9 Å². The number of H-pyrrole nitrogens is 1. The molecule has 2 N–H and O–H groups in total. The first kappa shape index (κ1) is 17.5. The smallest absolute Gasteiger partial charge is 0.258 e. The van der Waals surface area contributed by atoms with Crippen LogP contribution in [0.3, 0.4) is 0 Å². The maximum atomic E-state index is 12.5. The molecule has 1 amide bonds. The molecule has 4 rings (SSSR count). The SMILES string of the molecule is Cc1ccc(C(NC(=O)CCc2nc3ccccc3c(=O)[nH]2)C2CC2)cc1. The fourth-order valence-corrected chi connectivity index (χ4v) is 3.41. The van der Waals surface area contributed by atoms with Gasteiger partial charge in [-0.1, -0.05) is 42.0 Å². The summed E-state index contributed by atoms with van der Waals surface area (Å²) in [5.41, 5.74) is 2.87. The predicted molar refractivity (Wildman–Crippen MR) is 105 cm³/mol. The van der Waals surface area contributed by atoms with Crippen LogP contribution in [-0.2, 0) is 11.2 Å². The summed E-state index contributed by atoms with van der Waals surface area (Å²) in [4.78, 5) is 31.9. The molecule has 5 heteroatoms. The molecule has 1 unspecified atom stereocenters. The number of nitrogens with zero attached hydrogens (tertiary/aromatic N) is 1. The number of amides is 1. The molecule has 1 heterocycles. The van der Waals surface area contributed by atoms with Crippen LogP contribution >= 0.6 is 0 Å². The Morgan fingerprint density at radius 2 is 1.93 bits per heavy atom. The Hall–Kier alpha value is -2.95. The third-order valence-corrected chi connectivity index (χ3v) is 5.10. The molecule has 1 aromatic heterocycles. The largest absolute Gasteiger partial charge is 0.349 e. The van der Waals surface area contributed by atoms with Crippen molar-refractivity contribution in [3.63, 3.8) is 0 Å². The van der Waals surface area contributed by atoms with Gasteiger partial charge in [0.05, 0.1) is 16.9 Å². The highest BCUT2D eigenvalue weighted by Crippen LogP contribution is 2.41. The van der Waals surface area contributed by atoms with Crippen molar-refractivity contribution in [2.75, 3.05) is 0 Å². The maximum absolute atomic E-state index is 12.5. The average Bonchev–Trinajstić information content (AvgIpc) is 3.50. The third-order valence-electron chi connectivity index (χ3n) is 5.10. The van der Waals surface area contributed by atoms with Crippen LogP contribution in [0.4, 0.5) is 0 Å². The molecule has 0 saturated heterocycles. The summed E-state index contributed by atoms with van der Waals surface area (Å²) in [5, 5.41) is 3.75. The highest BCUT2D eigenvalue weighted by Gasteiger charge is 2.33. The molecule has 1 fully saturated rings. The van der Waals surface area contributed by atoms with Gasteiger partial charge in [0.25, 0.3) is 5.56 Å². The molecule has 3 aromatic rings. The quantitative estimate of drug-likeness (QED) is 0.706. The Kier molecular flexibility index (Phi) is 4.75. The highest BCUT2D eigenvalue weighted by atomic mass is 16.1. The molecule has 27 heavy (non-hydrogen) atoms. The van der Waals surface area contributed by atoms with Gasteiger partial charge >= 0.3 is 0 Å². The highest BCUT2D eigenvalue weighted by molar-refractivity contribution is 5.78. The monoisotopic (exact) mass is 361 g/mol. The van der Waals surface area contributed by atoms with Gasteiger partial charge < -0.3 is 10.3 Å². The Balaban J connectivity index is 1.43. The van der Waals surface area contributed by atoms with Crippen LogP contribution in [-0.4, -0.2) is 15.9 Å². The number of hydrogen-bond acceptors (Lipinski definition) is 3. The summed E-state index contributed by atoms with van der Waals surface area (Å²) in [5.74, 6) is 1.06. The van der Waals surface area contributed by atoms with Gasteiger partial charge in [-0.3, -0.25) is 9.59 Å². The topological polar surface area (TPSA) is 74.8 Å². The maximum Gasteiger partial charge on any atom is 0.258 e. The summed E-state index contributed by atoms with van der Waals surface area (Å²) in [6.45, 7) is 2.06. The number of nitrogens with one attached hydrogen (secondary N) is 2. The van der Waals surface area contributed by atoms with E-state index in [0.717, 1.165) is 18.4 Å². The van der Waals surface area contributed by atoms with E-state index in [1.807, 2.05) is 18.2 Å².